The van der Waals surface area contributed by atoms with Crippen LogP contribution in [0.15, 0.2) is 47.8 Å². The summed E-state index contributed by atoms with van der Waals surface area (Å²) in [6, 6.07) is 13.6. The third-order valence-electron chi connectivity index (χ3n) is 5.73. The molecule has 2 aromatic carbocycles. The maximum atomic E-state index is 12.6. The van der Waals surface area contributed by atoms with Gasteiger partial charge in [-0.15, -0.1) is 11.3 Å². The van der Waals surface area contributed by atoms with Crippen molar-refractivity contribution >= 4 is 34.0 Å². The molecule has 1 N–H and O–H groups in total. The molecule has 0 atom stereocenters. The van der Waals surface area contributed by atoms with Crippen molar-refractivity contribution in [3.63, 3.8) is 0 Å². The number of rotatable bonds is 4. The van der Waals surface area contributed by atoms with Crippen LogP contribution in [-0.2, 0) is 10.2 Å². The van der Waals surface area contributed by atoms with Crippen LogP contribution in [0.5, 0.6) is 0 Å². The minimum atomic E-state index is -0.560. The Morgan fingerprint density at radius 3 is 2.50 bits per heavy atom. The Kier molecular flexibility index (Phi) is 4.98. The summed E-state index contributed by atoms with van der Waals surface area (Å²) in [5, 5.41) is 5.36. The topological polar surface area (TPSA) is 62.3 Å². The predicted molar refractivity (Wildman–Crippen MR) is 122 cm³/mol. The molecule has 2 amide bonds. The molecule has 0 aliphatic carbocycles. The second-order valence-corrected chi connectivity index (χ2v) is 9.35. The van der Waals surface area contributed by atoms with E-state index in [1.807, 2.05) is 61.7 Å². The number of thiazole rings is 1. The molecule has 1 aliphatic heterocycles. The van der Waals surface area contributed by atoms with E-state index in [0.717, 1.165) is 22.5 Å². The lowest BCUT2D eigenvalue weighted by atomic mass is 9.85. The zero-order valence-electron chi connectivity index (χ0n) is 17.8. The summed E-state index contributed by atoms with van der Waals surface area (Å²) in [4.78, 5) is 31.4. The maximum Gasteiger partial charge on any atom is 0.257 e. The highest BCUT2D eigenvalue weighted by Crippen LogP contribution is 2.42. The number of carbonyl (C=O) groups excluding carboxylic acids is 2. The van der Waals surface area contributed by atoms with Gasteiger partial charge in [-0.25, -0.2) is 4.98 Å². The molecule has 6 heteroatoms. The number of fused-ring (bicyclic) bond motifs is 1. The molecule has 0 fully saturated rings. The molecule has 0 radical (unpaired) electrons. The first-order valence-corrected chi connectivity index (χ1v) is 10.9. The van der Waals surface area contributed by atoms with Crippen molar-refractivity contribution in [3.05, 3.63) is 64.5 Å². The molecule has 0 saturated heterocycles. The molecular weight excluding hydrogens is 394 g/mol. The van der Waals surface area contributed by atoms with E-state index in [4.69, 9.17) is 0 Å². The highest BCUT2D eigenvalue weighted by Gasteiger charge is 2.42. The first-order valence-electron chi connectivity index (χ1n) is 9.98. The molecule has 0 saturated carbocycles. The number of hydrogen-bond acceptors (Lipinski definition) is 4. The van der Waals surface area contributed by atoms with Gasteiger partial charge in [0.25, 0.3) is 5.91 Å². The van der Waals surface area contributed by atoms with E-state index in [9.17, 15) is 9.59 Å². The average molecular weight is 420 g/mol. The molecule has 2 heterocycles. The third kappa shape index (κ3) is 3.41. The van der Waals surface area contributed by atoms with E-state index in [-0.39, 0.29) is 11.8 Å². The molecule has 0 spiro atoms. The van der Waals surface area contributed by atoms with Gasteiger partial charge in [-0.1, -0.05) is 32.0 Å². The van der Waals surface area contributed by atoms with E-state index < -0.39 is 5.41 Å². The fourth-order valence-corrected chi connectivity index (χ4v) is 4.50. The molecule has 4 rings (SSSR count). The van der Waals surface area contributed by atoms with Crippen LogP contribution in [0.3, 0.4) is 0 Å². The van der Waals surface area contributed by atoms with Gasteiger partial charge in [0, 0.05) is 29.2 Å². The van der Waals surface area contributed by atoms with Crippen LogP contribution in [0, 0.1) is 0 Å². The van der Waals surface area contributed by atoms with Gasteiger partial charge in [-0.2, -0.15) is 0 Å². The number of benzene rings is 2. The normalized spacial score (nSPS) is 14.9. The van der Waals surface area contributed by atoms with Crippen molar-refractivity contribution in [1.29, 1.82) is 0 Å². The van der Waals surface area contributed by atoms with E-state index in [1.54, 1.807) is 11.9 Å². The Balaban J connectivity index is 1.55. The SMILES string of the molecule is CC(C)c1ccc(C(=O)Nc2nc(-c3ccc4c(c3)C(C)(C)C(=O)N4C)cs2)cc1. The van der Waals surface area contributed by atoms with Crippen LogP contribution in [0.1, 0.15) is 55.1 Å². The predicted octanol–water partition coefficient (Wildman–Crippen LogP) is 5.44. The number of likely N-dealkylation sites (N-methyl/N-ethyl adjacent to an activating group) is 1. The van der Waals surface area contributed by atoms with Gasteiger partial charge >= 0.3 is 0 Å². The van der Waals surface area contributed by atoms with Gasteiger partial charge in [0.1, 0.15) is 0 Å². The zero-order valence-corrected chi connectivity index (χ0v) is 18.6. The van der Waals surface area contributed by atoms with Crippen molar-refractivity contribution in [2.75, 3.05) is 17.3 Å². The molecule has 1 aromatic heterocycles. The molecule has 0 unspecified atom stereocenters. The van der Waals surface area contributed by atoms with E-state index >= 15 is 0 Å². The van der Waals surface area contributed by atoms with Crippen LogP contribution in [0.25, 0.3) is 11.3 Å². The number of amides is 2. The Bertz CT molecular complexity index is 1130. The summed E-state index contributed by atoms with van der Waals surface area (Å²) in [6.07, 6.45) is 0. The van der Waals surface area contributed by atoms with Crippen LogP contribution >= 0.6 is 11.3 Å². The second kappa shape index (κ2) is 7.36. The average Bonchev–Trinajstić information content (AvgIpc) is 3.26. The summed E-state index contributed by atoms with van der Waals surface area (Å²) in [6.45, 7) is 8.14. The van der Waals surface area contributed by atoms with Crippen molar-refractivity contribution in [2.45, 2.75) is 39.0 Å². The van der Waals surface area contributed by atoms with Crippen molar-refractivity contribution in [2.24, 2.45) is 0 Å². The van der Waals surface area contributed by atoms with Gasteiger partial charge in [-0.05, 0) is 55.2 Å². The van der Waals surface area contributed by atoms with Crippen molar-refractivity contribution in [1.82, 2.24) is 4.98 Å². The van der Waals surface area contributed by atoms with Gasteiger partial charge < -0.3 is 4.90 Å². The smallest absolute Gasteiger partial charge is 0.257 e. The number of nitrogens with zero attached hydrogens (tertiary/aromatic N) is 2. The highest BCUT2D eigenvalue weighted by atomic mass is 32.1. The first-order chi connectivity index (χ1) is 14.2. The summed E-state index contributed by atoms with van der Waals surface area (Å²) >= 11 is 1.39. The van der Waals surface area contributed by atoms with Crippen molar-refractivity contribution in [3.8, 4) is 11.3 Å². The second-order valence-electron chi connectivity index (χ2n) is 8.49. The quantitative estimate of drug-likeness (QED) is 0.612. The minimum absolute atomic E-state index is 0.0874. The fraction of sp³-hybridized carbons (Fsp3) is 0.292. The number of aromatic nitrogens is 1. The summed E-state index contributed by atoms with van der Waals surface area (Å²) in [5.74, 6) is 0.342. The summed E-state index contributed by atoms with van der Waals surface area (Å²) < 4.78 is 0. The number of anilines is 2. The van der Waals surface area contributed by atoms with Gasteiger partial charge in [0.2, 0.25) is 5.91 Å². The highest BCUT2D eigenvalue weighted by molar-refractivity contribution is 7.14. The molecule has 30 heavy (non-hydrogen) atoms. The maximum absolute atomic E-state index is 12.6. The zero-order chi connectivity index (χ0) is 21.6. The van der Waals surface area contributed by atoms with Crippen molar-refractivity contribution < 1.29 is 9.59 Å². The summed E-state index contributed by atoms with van der Waals surface area (Å²) in [5.41, 5.74) is 4.89. The fourth-order valence-electron chi connectivity index (χ4n) is 3.78. The lowest BCUT2D eigenvalue weighted by molar-refractivity contribution is -0.121. The van der Waals surface area contributed by atoms with E-state index in [1.165, 1.54) is 16.9 Å². The Labute approximate surface area is 180 Å². The summed E-state index contributed by atoms with van der Waals surface area (Å²) in [7, 11) is 1.81. The third-order valence-corrected chi connectivity index (χ3v) is 6.49. The van der Waals surface area contributed by atoms with Gasteiger partial charge in [0.05, 0.1) is 11.1 Å². The van der Waals surface area contributed by atoms with E-state index in [2.05, 4.69) is 24.1 Å². The van der Waals surface area contributed by atoms with Gasteiger partial charge in [0.15, 0.2) is 5.13 Å². The van der Waals surface area contributed by atoms with Crippen LogP contribution in [0.4, 0.5) is 10.8 Å². The standard InChI is InChI=1S/C24H25N3O2S/c1-14(2)15-6-8-16(9-7-15)21(28)26-23-25-19(13-30-23)17-10-11-20-18(12-17)24(3,4)22(29)27(20)5/h6-14H,1-5H3,(H,25,26,28). The number of carbonyl (C=O) groups is 2. The van der Waals surface area contributed by atoms with Crippen LogP contribution in [0.2, 0.25) is 0 Å². The Morgan fingerprint density at radius 1 is 1.13 bits per heavy atom. The minimum Gasteiger partial charge on any atom is -0.314 e. The molecule has 3 aromatic rings. The molecule has 0 bridgehead atoms. The molecule has 5 nitrogen and oxygen atoms in total. The lowest BCUT2D eigenvalue weighted by Gasteiger charge is -2.16. The lowest BCUT2D eigenvalue weighted by Crippen LogP contribution is -2.33. The Morgan fingerprint density at radius 2 is 1.83 bits per heavy atom. The van der Waals surface area contributed by atoms with Gasteiger partial charge in [-0.3, -0.25) is 14.9 Å². The van der Waals surface area contributed by atoms with Crippen LogP contribution in [-0.4, -0.2) is 23.8 Å². The largest absolute Gasteiger partial charge is 0.314 e. The number of nitrogens with one attached hydrogen (secondary N) is 1. The molecular formula is C24H25N3O2S. The van der Waals surface area contributed by atoms with Crippen LogP contribution < -0.4 is 10.2 Å². The molecule has 1 aliphatic rings. The number of hydrogen-bond donors (Lipinski definition) is 1. The Hall–Kier alpha value is -2.99. The molecule has 154 valence electrons. The van der Waals surface area contributed by atoms with E-state index in [0.29, 0.717) is 16.6 Å². The monoisotopic (exact) mass is 419 g/mol. The first kappa shape index (κ1) is 20.3.